The molecule has 0 spiro atoms. The molecule has 3 heterocycles. The second-order valence-electron chi connectivity index (χ2n) is 4.96. The number of carbonyl (C=O) groups excluding carboxylic acids is 1. The molecule has 118 valence electrons. The highest BCUT2D eigenvalue weighted by Crippen LogP contribution is 2.34. The van der Waals surface area contributed by atoms with E-state index in [4.69, 9.17) is 21.3 Å². The first-order chi connectivity index (χ1) is 10.4. The largest absolute Gasteiger partial charge is 0.394 e. The van der Waals surface area contributed by atoms with Gasteiger partial charge in [-0.2, -0.15) is 4.98 Å². The van der Waals surface area contributed by atoms with Crippen LogP contribution >= 0.6 is 0 Å². The third-order valence-electron chi connectivity index (χ3n) is 3.60. The summed E-state index contributed by atoms with van der Waals surface area (Å²) >= 11 is 0. The summed E-state index contributed by atoms with van der Waals surface area (Å²) in [5.41, 5.74) is 11.1. The standard InChI is InChI=1S/C12H14FN5O4/c13-7-6(3-19)22-11(8(7)20)18-2-5(9(14)21)4-1-16-12(15)17-10(4)18/h1-2,6-8,11,19-20H,3H2,(H2,14,21)(H2,15,16,17)/t6-,7-,8-,11-/m1/s1. The molecule has 0 aliphatic carbocycles. The maximum Gasteiger partial charge on any atom is 0.250 e. The first-order valence-corrected chi connectivity index (χ1v) is 6.45. The zero-order valence-corrected chi connectivity index (χ0v) is 11.3. The van der Waals surface area contributed by atoms with Crippen molar-refractivity contribution in [1.82, 2.24) is 14.5 Å². The van der Waals surface area contributed by atoms with Crippen LogP contribution in [0.1, 0.15) is 16.6 Å². The van der Waals surface area contributed by atoms with E-state index in [-0.39, 0.29) is 17.2 Å². The highest BCUT2D eigenvalue weighted by atomic mass is 19.1. The molecule has 22 heavy (non-hydrogen) atoms. The summed E-state index contributed by atoms with van der Waals surface area (Å²) in [4.78, 5) is 19.3. The third-order valence-corrected chi connectivity index (χ3v) is 3.60. The normalized spacial score (nSPS) is 28.3. The Bertz CT molecular complexity index is 736. The van der Waals surface area contributed by atoms with Crippen LogP contribution in [0.15, 0.2) is 12.4 Å². The monoisotopic (exact) mass is 311 g/mol. The third kappa shape index (κ3) is 2.08. The lowest BCUT2D eigenvalue weighted by molar-refractivity contribution is -0.0493. The SMILES string of the molecule is NC(=O)c1cn([C@@H]2O[C@H](CO)[C@@H](F)[C@H]2O)c2nc(N)ncc12. The molecule has 1 aliphatic rings. The fraction of sp³-hybridized carbons (Fsp3) is 0.417. The Morgan fingerprint density at radius 3 is 2.86 bits per heavy atom. The highest BCUT2D eigenvalue weighted by Gasteiger charge is 2.45. The number of rotatable bonds is 3. The molecule has 0 aromatic carbocycles. The van der Waals surface area contributed by atoms with Gasteiger partial charge in [-0.05, 0) is 0 Å². The Hall–Kier alpha value is -2.30. The van der Waals surface area contributed by atoms with Gasteiger partial charge in [-0.25, -0.2) is 9.37 Å². The van der Waals surface area contributed by atoms with Gasteiger partial charge in [0.25, 0.3) is 5.91 Å². The molecule has 2 aromatic heterocycles. The summed E-state index contributed by atoms with van der Waals surface area (Å²) < 4.78 is 20.4. The number of halogens is 1. The number of nitrogen functional groups attached to an aromatic ring is 1. The van der Waals surface area contributed by atoms with Crippen LogP contribution in [0.3, 0.4) is 0 Å². The van der Waals surface area contributed by atoms with Crippen LogP contribution in [0.5, 0.6) is 0 Å². The van der Waals surface area contributed by atoms with Crippen molar-refractivity contribution >= 4 is 22.9 Å². The molecule has 2 aromatic rings. The van der Waals surface area contributed by atoms with E-state index in [9.17, 15) is 14.3 Å². The number of nitrogens with zero attached hydrogens (tertiary/aromatic N) is 3. The van der Waals surface area contributed by atoms with E-state index in [1.807, 2.05) is 0 Å². The van der Waals surface area contributed by atoms with Crippen molar-refractivity contribution in [2.75, 3.05) is 12.3 Å². The van der Waals surface area contributed by atoms with E-state index in [2.05, 4.69) is 9.97 Å². The van der Waals surface area contributed by atoms with Crippen LogP contribution in [0.2, 0.25) is 0 Å². The van der Waals surface area contributed by atoms with Gasteiger partial charge in [0.1, 0.15) is 17.9 Å². The lowest BCUT2D eigenvalue weighted by atomic mass is 10.1. The van der Waals surface area contributed by atoms with E-state index < -0.39 is 37.1 Å². The van der Waals surface area contributed by atoms with Gasteiger partial charge < -0.3 is 31.0 Å². The molecule has 9 nitrogen and oxygen atoms in total. The number of hydrogen-bond acceptors (Lipinski definition) is 7. The Morgan fingerprint density at radius 1 is 1.55 bits per heavy atom. The summed E-state index contributed by atoms with van der Waals surface area (Å²) in [6, 6.07) is 0. The van der Waals surface area contributed by atoms with Gasteiger partial charge in [-0.1, -0.05) is 0 Å². The molecule has 0 bridgehead atoms. The van der Waals surface area contributed by atoms with Gasteiger partial charge in [0.2, 0.25) is 5.95 Å². The van der Waals surface area contributed by atoms with Gasteiger partial charge in [0.15, 0.2) is 12.4 Å². The molecule has 1 aliphatic heterocycles. The number of carbonyl (C=O) groups is 1. The lowest BCUT2D eigenvalue weighted by Crippen LogP contribution is -2.29. The summed E-state index contributed by atoms with van der Waals surface area (Å²) in [6.45, 7) is -0.590. The van der Waals surface area contributed by atoms with Gasteiger partial charge in [-0.3, -0.25) is 4.79 Å². The Labute approximate surface area is 123 Å². The molecule has 1 saturated heterocycles. The molecule has 0 saturated carbocycles. The number of hydrogen-bond donors (Lipinski definition) is 4. The van der Waals surface area contributed by atoms with Gasteiger partial charge in [0.05, 0.1) is 17.6 Å². The minimum absolute atomic E-state index is 0.0640. The number of amides is 1. The fourth-order valence-corrected chi connectivity index (χ4v) is 2.52. The van der Waals surface area contributed by atoms with Crippen molar-refractivity contribution in [2.45, 2.75) is 24.6 Å². The number of aliphatic hydroxyl groups is 2. The van der Waals surface area contributed by atoms with Crippen LogP contribution in [0.25, 0.3) is 11.0 Å². The van der Waals surface area contributed by atoms with Gasteiger partial charge >= 0.3 is 0 Å². The minimum Gasteiger partial charge on any atom is -0.394 e. The average Bonchev–Trinajstić information content (AvgIpc) is 2.98. The van der Waals surface area contributed by atoms with Crippen molar-refractivity contribution in [3.05, 3.63) is 18.0 Å². The van der Waals surface area contributed by atoms with Crippen LogP contribution in [0.4, 0.5) is 10.3 Å². The molecular weight excluding hydrogens is 297 g/mol. The molecule has 1 amide bonds. The number of primary amides is 1. The quantitative estimate of drug-likeness (QED) is 0.550. The van der Waals surface area contributed by atoms with Crippen molar-refractivity contribution < 1.29 is 24.1 Å². The van der Waals surface area contributed by atoms with Crippen LogP contribution < -0.4 is 11.5 Å². The lowest BCUT2D eigenvalue weighted by Gasteiger charge is -2.16. The van der Waals surface area contributed by atoms with Crippen molar-refractivity contribution in [1.29, 1.82) is 0 Å². The molecule has 6 N–H and O–H groups in total. The number of aliphatic hydroxyl groups excluding tert-OH is 2. The maximum atomic E-state index is 13.9. The first kappa shape index (κ1) is 14.6. The van der Waals surface area contributed by atoms with Crippen molar-refractivity contribution in [3.63, 3.8) is 0 Å². The van der Waals surface area contributed by atoms with Gasteiger partial charge in [0, 0.05) is 12.4 Å². The second kappa shape index (κ2) is 5.16. The Morgan fingerprint density at radius 2 is 2.27 bits per heavy atom. The molecule has 1 fully saturated rings. The summed E-state index contributed by atoms with van der Waals surface area (Å²) in [5.74, 6) is -0.800. The number of fused-ring (bicyclic) bond motifs is 1. The average molecular weight is 311 g/mol. The number of anilines is 1. The molecular formula is C12H14FN5O4. The number of aromatic nitrogens is 3. The van der Waals surface area contributed by atoms with Crippen LogP contribution in [0, 0.1) is 0 Å². The predicted molar refractivity (Wildman–Crippen MR) is 72.4 cm³/mol. The number of nitrogens with two attached hydrogens (primary N) is 2. The van der Waals surface area contributed by atoms with E-state index in [1.165, 1.54) is 17.0 Å². The molecule has 0 unspecified atom stereocenters. The topological polar surface area (TPSA) is 150 Å². The Kier molecular flexibility index (Phi) is 3.43. The zero-order valence-electron chi connectivity index (χ0n) is 11.3. The summed E-state index contributed by atoms with van der Waals surface area (Å²) in [6.07, 6.45) is -3.05. The number of alkyl halides is 1. The smallest absolute Gasteiger partial charge is 0.250 e. The zero-order chi connectivity index (χ0) is 16.0. The van der Waals surface area contributed by atoms with E-state index >= 15 is 0 Å². The molecule has 10 heteroatoms. The van der Waals surface area contributed by atoms with E-state index in [0.29, 0.717) is 5.39 Å². The van der Waals surface area contributed by atoms with Crippen molar-refractivity contribution in [2.24, 2.45) is 5.73 Å². The first-order valence-electron chi connectivity index (χ1n) is 6.45. The maximum absolute atomic E-state index is 13.9. The van der Waals surface area contributed by atoms with E-state index in [1.54, 1.807) is 0 Å². The van der Waals surface area contributed by atoms with Crippen molar-refractivity contribution in [3.8, 4) is 0 Å². The number of ether oxygens (including phenoxy) is 1. The van der Waals surface area contributed by atoms with Crippen LogP contribution in [-0.2, 0) is 4.74 Å². The molecule has 3 rings (SSSR count). The van der Waals surface area contributed by atoms with Crippen LogP contribution in [-0.4, -0.2) is 55.6 Å². The Balaban J connectivity index is 2.15. The predicted octanol–water partition coefficient (Wildman–Crippen LogP) is -1.30. The fourth-order valence-electron chi connectivity index (χ4n) is 2.52. The molecule has 0 radical (unpaired) electrons. The summed E-state index contributed by atoms with van der Waals surface area (Å²) in [5, 5.41) is 19.3. The van der Waals surface area contributed by atoms with E-state index in [0.717, 1.165) is 0 Å². The summed E-state index contributed by atoms with van der Waals surface area (Å²) in [7, 11) is 0. The molecule has 4 atom stereocenters. The minimum atomic E-state index is -1.77. The highest BCUT2D eigenvalue weighted by molar-refractivity contribution is 6.05. The van der Waals surface area contributed by atoms with Gasteiger partial charge in [-0.15, -0.1) is 0 Å². The second-order valence-corrected chi connectivity index (χ2v) is 4.96.